The average Bonchev–Trinajstić information content (AvgIpc) is 3.27. The molecule has 0 aliphatic carbocycles. The number of methoxy groups -OCH3 is 1. The lowest BCUT2D eigenvalue weighted by Crippen LogP contribution is -2.06. The molecule has 0 spiro atoms. The maximum atomic E-state index is 5.72. The zero-order valence-electron chi connectivity index (χ0n) is 12.2. The molecule has 0 bridgehead atoms. The van der Waals surface area contributed by atoms with Crippen LogP contribution in [-0.4, -0.2) is 25.9 Å². The van der Waals surface area contributed by atoms with Crippen LogP contribution in [0.25, 0.3) is 0 Å². The molecule has 2 atom stereocenters. The van der Waals surface area contributed by atoms with E-state index in [1.807, 2.05) is 30.3 Å². The SMILES string of the molecule is COc1ccc(COC[C@H]2O[C@@H]2Cc2ccccc2)cc1. The highest BCUT2D eigenvalue weighted by molar-refractivity contribution is 5.26. The fraction of sp³-hybridized carbons (Fsp3) is 0.333. The van der Waals surface area contributed by atoms with E-state index in [0.717, 1.165) is 17.7 Å². The molecule has 0 aromatic heterocycles. The first-order valence-corrected chi connectivity index (χ1v) is 7.25. The Morgan fingerprint density at radius 3 is 2.38 bits per heavy atom. The Hall–Kier alpha value is -1.84. The van der Waals surface area contributed by atoms with E-state index in [0.29, 0.717) is 19.3 Å². The third-order valence-electron chi connectivity index (χ3n) is 3.68. The maximum Gasteiger partial charge on any atom is 0.118 e. The van der Waals surface area contributed by atoms with Crippen molar-refractivity contribution in [1.82, 2.24) is 0 Å². The van der Waals surface area contributed by atoms with Crippen molar-refractivity contribution in [2.45, 2.75) is 25.2 Å². The molecule has 0 unspecified atom stereocenters. The second-order valence-corrected chi connectivity index (χ2v) is 5.27. The summed E-state index contributed by atoms with van der Waals surface area (Å²) in [5.41, 5.74) is 2.47. The standard InChI is InChI=1S/C18H20O3/c1-19-16-9-7-15(8-10-16)12-20-13-18-17(21-18)11-14-5-3-2-4-6-14/h2-10,17-18H,11-13H2,1H3/t17-,18-/m1/s1. The summed E-state index contributed by atoms with van der Waals surface area (Å²) in [5, 5.41) is 0. The van der Waals surface area contributed by atoms with Crippen LogP contribution in [0.3, 0.4) is 0 Å². The Morgan fingerprint density at radius 1 is 0.905 bits per heavy atom. The van der Waals surface area contributed by atoms with Crippen molar-refractivity contribution in [2.24, 2.45) is 0 Å². The van der Waals surface area contributed by atoms with Crippen molar-refractivity contribution in [1.29, 1.82) is 0 Å². The van der Waals surface area contributed by atoms with Crippen LogP contribution in [0.4, 0.5) is 0 Å². The van der Waals surface area contributed by atoms with Gasteiger partial charge in [-0.15, -0.1) is 0 Å². The lowest BCUT2D eigenvalue weighted by atomic mass is 10.1. The highest BCUT2D eigenvalue weighted by Crippen LogP contribution is 2.26. The van der Waals surface area contributed by atoms with Crippen molar-refractivity contribution >= 4 is 0 Å². The second kappa shape index (κ2) is 6.74. The van der Waals surface area contributed by atoms with E-state index >= 15 is 0 Å². The van der Waals surface area contributed by atoms with Crippen LogP contribution < -0.4 is 4.74 Å². The molecular formula is C18H20O3. The van der Waals surface area contributed by atoms with Gasteiger partial charge in [0.1, 0.15) is 11.9 Å². The zero-order chi connectivity index (χ0) is 14.5. The average molecular weight is 284 g/mol. The van der Waals surface area contributed by atoms with Gasteiger partial charge in [-0.05, 0) is 23.3 Å². The Balaban J connectivity index is 1.37. The number of ether oxygens (including phenoxy) is 3. The minimum atomic E-state index is 0.239. The molecule has 110 valence electrons. The molecule has 0 saturated carbocycles. The molecule has 1 aliphatic rings. The van der Waals surface area contributed by atoms with Crippen LogP contribution in [-0.2, 0) is 22.5 Å². The largest absolute Gasteiger partial charge is 0.497 e. The molecular weight excluding hydrogens is 264 g/mol. The zero-order valence-corrected chi connectivity index (χ0v) is 12.2. The van der Waals surface area contributed by atoms with Gasteiger partial charge < -0.3 is 14.2 Å². The Labute approximate surface area is 125 Å². The molecule has 0 N–H and O–H groups in total. The summed E-state index contributed by atoms with van der Waals surface area (Å²) in [4.78, 5) is 0. The molecule has 3 rings (SSSR count). The van der Waals surface area contributed by atoms with Crippen LogP contribution >= 0.6 is 0 Å². The molecule has 1 heterocycles. The van der Waals surface area contributed by atoms with Crippen molar-refractivity contribution in [3.63, 3.8) is 0 Å². The summed E-state index contributed by atoms with van der Waals surface area (Å²) < 4.78 is 16.5. The van der Waals surface area contributed by atoms with E-state index in [1.54, 1.807) is 7.11 Å². The van der Waals surface area contributed by atoms with Gasteiger partial charge in [-0.3, -0.25) is 0 Å². The molecule has 21 heavy (non-hydrogen) atoms. The molecule has 0 amide bonds. The summed E-state index contributed by atoms with van der Waals surface area (Å²) in [6.07, 6.45) is 1.52. The number of benzene rings is 2. The van der Waals surface area contributed by atoms with E-state index in [4.69, 9.17) is 14.2 Å². The predicted molar refractivity (Wildman–Crippen MR) is 81.5 cm³/mol. The highest BCUT2D eigenvalue weighted by atomic mass is 16.6. The van der Waals surface area contributed by atoms with Crippen molar-refractivity contribution in [2.75, 3.05) is 13.7 Å². The monoisotopic (exact) mass is 284 g/mol. The predicted octanol–water partition coefficient (Wildman–Crippen LogP) is 3.22. The summed E-state index contributed by atoms with van der Waals surface area (Å²) in [6, 6.07) is 18.4. The van der Waals surface area contributed by atoms with Gasteiger partial charge in [-0.25, -0.2) is 0 Å². The minimum absolute atomic E-state index is 0.239. The minimum Gasteiger partial charge on any atom is -0.497 e. The summed E-state index contributed by atoms with van der Waals surface area (Å²) in [5.74, 6) is 0.868. The quantitative estimate of drug-likeness (QED) is 0.731. The first kappa shape index (κ1) is 14.1. The summed E-state index contributed by atoms with van der Waals surface area (Å²) in [7, 11) is 1.67. The van der Waals surface area contributed by atoms with Gasteiger partial charge in [0, 0.05) is 6.42 Å². The molecule has 2 aromatic rings. The van der Waals surface area contributed by atoms with Gasteiger partial charge in [-0.1, -0.05) is 42.5 Å². The van der Waals surface area contributed by atoms with E-state index in [-0.39, 0.29) is 6.10 Å². The summed E-state index contributed by atoms with van der Waals surface area (Å²) in [6.45, 7) is 1.27. The number of rotatable bonds is 7. The maximum absolute atomic E-state index is 5.72. The third-order valence-corrected chi connectivity index (χ3v) is 3.68. The van der Waals surface area contributed by atoms with E-state index in [2.05, 4.69) is 24.3 Å². The van der Waals surface area contributed by atoms with Crippen molar-refractivity contribution in [3.8, 4) is 5.75 Å². The Morgan fingerprint density at radius 2 is 1.67 bits per heavy atom. The second-order valence-electron chi connectivity index (χ2n) is 5.27. The van der Waals surface area contributed by atoms with Crippen LogP contribution in [0.15, 0.2) is 54.6 Å². The van der Waals surface area contributed by atoms with Gasteiger partial charge in [0.05, 0.1) is 26.4 Å². The van der Waals surface area contributed by atoms with Gasteiger partial charge in [0.25, 0.3) is 0 Å². The van der Waals surface area contributed by atoms with Gasteiger partial charge >= 0.3 is 0 Å². The number of hydrogen-bond acceptors (Lipinski definition) is 3. The van der Waals surface area contributed by atoms with E-state index < -0.39 is 0 Å². The lowest BCUT2D eigenvalue weighted by molar-refractivity contribution is 0.104. The summed E-state index contributed by atoms with van der Waals surface area (Å²) >= 11 is 0. The van der Waals surface area contributed by atoms with Crippen LogP contribution in [0.2, 0.25) is 0 Å². The molecule has 3 nitrogen and oxygen atoms in total. The smallest absolute Gasteiger partial charge is 0.118 e. The lowest BCUT2D eigenvalue weighted by Gasteiger charge is -2.04. The fourth-order valence-corrected chi connectivity index (χ4v) is 2.37. The topological polar surface area (TPSA) is 31.0 Å². The molecule has 1 fully saturated rings. The number of epoxide rings is 1. The number of hydrogen-bond donors (Lipinski definition) is 0. The fourth-order valence-electron chi connectivity index (χ4n) is 2.37. The molecule has 1 aliphatic heterocycles. The van der Waals surface area contributed by atoms with E-state index in [9.17, 15) is 0 Å². The van der Waals surface area contributed by atoms with Gasteiger partial charge in [-0.2, -0.15) is 0 Å². The Kier molecular flexibility index (Phi) is 4.53. The van der Waals surface area contributed by atoms with Crippen LogP contribution in [0.5, 0.6) is 5.75 Å². The van der Waals surface area contributed by atoms with Crippen molar-refractivity contribution in [3.05, 3.63) is 65.7 Å². The first-order valence-electron chi connectivity index (χ1n) is 7.25. The van der Waals surface area contributed by atoms with Gasteiger partial charge in [0.2, 0.25) is 0 Å². The van der Waals surface area contributed by atoms with Gasteiger partial charge in [0.15, 0.2) is 0 Å². The van der Waals surface area contributed by atoms with E-state index in [1.165, 1.54) is 5.56 Å². The normalized spacial score (nSPS) is 20.2. The molecule has 0 radical (unpaired) electrons. The third kappa shape index (κ3) is 4.06. The first-order chi connectivity index (χ1) is 10.3. The van der Waals surface area contributed by atoms with Crippen LogP contribution in [0, 0.1) is 0 Å². The molecule has 2 aromatic carbocycles. The highest BCUT2D eigenvalue weighted by Gasteiger charge is 2.38. The Bertz CT molecular complexity index is 550. The molecule has 3 heteroatoms. The van der Waals surface area contributed by atoms with Crippen molar-refractivity contribution < 1.29 is 14.2 Å². The molecule has 1 saturated heterocycles. The van der Waals surface area contributed by atoms with Crippen LogP contribution in [0.1, 0.15) is 11.1 Å².